The number of nitrogens with one attached hydrogen (secondary N) is 2. The van der Waals surface area contributed by atoms with Crippen LogP contribution in [0.3, 0.4) is 0 Å². The van der Waals surface area contributed by atoms with Crippen molar-refractivity contribution in [2.45, 2.75) is 26.3 Å². The molecule has 1 aromatic carbocycles. The zero-order valence-electron chi connectivity index (χ0n) is 11.5. The third-order valence-corrected chi connectivity index (χ3v) is 2.82. The van der Waals surface area contributed by atoms with Crippen LogP contribution in [0.5, 0.6) is 0 Å². The van der Waals surface area contributed by atoms with E-state index in [0.717, 1.165) is 5.56 Å². The monoisotopic (exact) mass is 281 g/mol. The van der Waals surface area contributed by atoms with Gasteiger partial charge in [-0.15, -0.1) is 0 Å². The van der Waals surface area contributed by atoms with Crippen LogP contribution in [0, 0.1) is 11.7 Å². The number of urea groups is 1. The van der Waals surface area contributed by atoms with Crippen LogP contribution < -0.4 is 15.7 Å². The van der Waals surface area contributed by atoms with Crippen molar-refractivity contribution in [3.05, 3.63) is 35.6 Å². The molecule has 0 unspecified atom stereocenters. The summed E-state index contributed by atoms with van der Waals surface area (Å²) in [6, 6.07) is 4.37. The van der Waals surface area contributed by atoms with Crippen LogP contribution in [-0.4, -0.2) is 24.6 Å². The summed E-state index contributed by atoms with van der Waals surface area (Å²) in [7, 11) is 0. The Morgan fingerprint density at radius 3 is 2.35 bits per heavy atom. The predicted octanol–water partition coefficient (Wildman–Crippen LogP) is 0.442. The molecule has 0 heterocycles. The lowest BCUT2D eigenvalue weighted by atomic mass is 10.1. The summed E-state index contributed by atoms with van der Waals surface area (Å²) in [6.07, 6.45) is 0.533. The van der Waals surface area contributed by atoms with E-state index in [1.54, 1.807) is 26.0 Å². The molecule has 0 saturated carbocycles. The highest BCUT2D eigenvalue weighted by atomic mass is 19.1. The number of halogens is 1. The zero-order chi connectivity index (χ0) is 15.1. The molecular weight excluding hydrogens is 263 g/mol. The van der Waals surface area contributed by atoms with Gasteiger partial charge in [-0.2, -0.15) is 0 Å². The molecule has 0 bridgehead atoms. The average Bonchev–Trinajstić information content (AvgIpc) is 2.37. The van der Waals surface area contributed by atoms with Crippen LogP contribution in [-0.2, 0) is 11.2 Å². The number of carbonyl (C=O) groups excluding carboxylic acids is 2. The summed E-state index contributed by atoms with van der Waals surface area (Å²) in [6.45, 7) is 3.69. The van der Waals surface area contributed by atoms with Crippen molar-refractivity contribution in [1.29, 1.82) is 0 Å². The number of rotatable bonds is 6. The van der Waals surface area contributed by atoms with Gasteiger partial charge in [-0.3, -0.25) is 0 Å². The Labute approximate surface area is 117 Å². The molecule has 1 aromatic rings. The molecule has 0 aliphatic heterocycles. The van der Waals surface area contributed by atoms with Crippen LogP contribution in [0.4, 0.5) is 9.18 Å². The molecule has 6 heteroatoms. The number of benzene rings is 1. The summed E-state index contributed by atoms with van der Waals surface area (Å²) < 4.78 is 12.7. The number of aliphatic carboxylic acids is 1. The standard InChI is InChI=1S/C14H19FN2O3/c1-9(2)12(13(18)19)17-14(20)16-8-7-10-3-5-11(15)6-4-10/h3-6,9,12H,7-8H2,1-2H3,(H,18,19)(H2,16,17,20)/p-1/t12-/m0/s1. The Morgan fingerprint density at radius 2 is 1.85 bits per heavy atom. The molecule has 5 nitrogen and oxygen atoms in total. The second-order valence-corrected chi connectivity index (χ2v) is 4.82. The number of hydrogen-bond donors (Lipinski definition) is 2. The van der Waals surface area contributed by atoms with Gasteiger partial charge in [0.25, 0.3) is 0 Å². The molecule has 2 amide bonds. The van der Waals surface area contributed by atoms with E-state index in [9.17, 15) is 19.1 Å². The maximum Gasteiger partial charge on any atom is 0.315 e. The summed E-state index contributed by atoms with van der Waals surface area (Å²) in [4.78, 5) is 22.3. The molecule has 0 aliphatic carbocycles. The van der Waals surface area contributed by atoms with Gasteiger partial charge < -0.3 is 20.5 Å². The summed E-state index contributed by atoms with van der Waals surface area (Å²) in [5.41, 5.74) is 0.881. The molecule has 110 valence electrons. The Kier molecular flexibility index (Phi) is 5.96. The number of amides is 2. The first kappa shape index (κ1) is 15.9. The van der Waals surface area contributed by atoms with Crippen molar-refractivity contribution in [3.63, 3.8) is 0 Å². The maximum atomic E-state index is 12.7. The summed E-state index contributed by atoms with van der Waals surface area (Å²) >= 11 is 0. The molecule has 0 saturated heterocycles. The molecule has 1 rings (SSSR count). The van der Waals surface area contributed by atoms with E-state index in [1.807, 2.05) is 0 Å². The zero-order valence-corrected chi connectivity index (χ0v) is 11.5. The van der Waals surface area contributed by atoms with Gasteiger partial charge in [0.2, 0.25) is 0 Å². The number of hydrogen-bond acceptors (Lipinski definition) is 3. The minimum absolute atomic E-state index is 0.261. The van der Waals surface area contributed by atoms with E-state index < -0.39 is 18.0 Å². The first-order valence-corrected chi connectivity index (χ1v) is 6.40. The van der Waals surface area contributed by atoms with Gasteiger partial charge in [0, 0.05) is 6.54 Å². The van der Waals surface area contributed by atoms with Crippen molar-refractivity contribution < 1.29 is 19.1 Å². The lowest BCUT2D eigenvalue weighted by Crippen LogP contribution is -2.53. The second kappa shape index (κ2) is 7.47. The molecule has 1 atom stereocenters. The van der Waals surface area contributed by atoms with E-state index in [-0.39, 0.29) is 11.7 Å². The first-order valence-electron chi connectivity index (χ1n) is 6.40. The molecule has 2 N–H and O–H groups in total. The lowest BCUT2D eigenvalue weighted by Gasteiger charge is -2.23. The quantitative estimate of drug-likeness (QED) is 0.794. The maximum absolute atomic E-state index is 12.7. The predicted molar refractivity (Wildman–Crippen MR) is 70.3 cm³/mol. The number of carboxylic acid groups (broad SMARTS) is 1. The van der Waals surface area contributed by atoms with Gasteiger partial charge in [0.15, 0.2) is 0 Å². The van der Waals surface area contributed by atoms with Gasteiger partial charge in [-0.1, -0.05) is 26.0 Å². The van der Waals surface area contributed by atoms with Crippen LogP contribution in [0.15, 0.2) is 24.3 Å². The van der Waals surface area contributed by atoms with E-state index in [0.29, 0.717) is 13.0 Å². The van der Waals surface area contributed by atoms with Crippen LogP contribution in [0.25, 0.3) is 0 Å². The van der Waals surface area contributed by atoms with Crippen LogP contribution in [0.2, 0.25) is 0 Å². The van der Waals surface area contributed by atoms with Crippen molar-refractivity contribution in [1.82, 2.24) is 10.6 Å². The fraction of sp³-hybridized carbons (Fsp3) is 0.429. The van der Waals surface area contributed by atoms with Gasteiger partial charge in [-0.05, 0) is 30.0 Å². The topological polar surface area (TPSA) is 81.3 Å². The van der Waals surface area contributed by atoms with Crippen molar-refractivity contribution in [2.24, 2.45) is 5.92 Å². The smallest absolute Gasteiger partial charge is 0.315 e. The van der Waals surface area contributed by atoms with E-state index in [1.165, 1.54) is 12.1 Å². The molecule has 0 aliphatic rings. The van der Waals surface area contributed by atoms with Gasteiger partial charge in [0.05, 0.1) is 12.0 Å². The fourth-order valence-electron chi connectivity index (χ4n) is 1.66. The third kappa shape index (κ3) is 5.26. The van der Waals surface area contributed by atoms with Crippen LogP contribution in [0.1, 0.15) is 19.4 Å². The van der Waals surface area contributed by atoms with Gasteiger partial charge in [0.1, 0.15) is 5.82 Å². The normalized spacial score (nSPS) is 12.0. The highest BCUT2D eigenvalue weighted by molar-refractivity contribution is 5.81. The van der Waals surface area contributed by atoms with Gasteiger partial charge >= 0.3 is 6.03 Å². The Balaban J connectivity index is 2.36. The number of carboxylic acids is 1. The summed E-state index contributed by atoms with van der Waals surface area (Å²) in [5, 5.41) is 15.7. The lowest BCUT2D eigenvalue weighted by molar-refractivity contribution is -0.309. The highest BCUT2D eigenvalue weighted by Crippen LogP contribution is 2.03. The van der Waals surface area contributed by atoms with Crippen molar-refractivity contribution in [2.75, 3.05) is 6.54 Å². The van der Waals surface area contributed by atoms with Crippen molar-refractivity contribution >= 4 is 12.0 Å². The number of carbonyl (C=O) groups is 2. The van der Waals surface area contributed by atoms with E-state index >= 15 is 0 Å². The van der Waals surface area contributed by atoms with E-state index in [2.05, 4.69) is 10.6 Å². The Hall–Kier alpha value is -2.11. The minimum Gasteiger partial charge on any atom is -0.548 e. The molecular formula is C14H18FN2O3-. The molecule has 0 spiro atoms. The minimum atomic E-state index is -1.31. The van der Waals surface area contributed by atoms with Crippen LogP contribution >= 0.6 is 0 Å². The SMILES string of the molecule is CC(C)[C@H](NC(=O)NCCc1ccc(F)cc1)C(=O)[O-]. The third-order valence-electron chi connectivity index (χ3n) is 2.82. The van der Waals surface area contributed by atoms with E-state index in [4.69, 9.17) is 0 Å². The fourth-order valence-corrected chi connectivity index (χ4v) is 1.66. The molecule has 0 radical (unpaired) electrons. The molecule has 20 heavy (non-hydrogen) atoms. The second-order valence-electron chi connectivity index (χ2n) is 4.82. The molecule has 0 aromatic heterocycles. The largest absolute Gasteiger partial charge is 0.548 e. The van der Waals surface area contributed by atoms with Crippen molar-refractivity contribution in [3.8, 4) is 0 Å². The van der Waals surface area contributed by atoms with Gasteiger partial charge in [-0.25, -0.2) is 9.18 Å². The Morgan fingerprint density at radius 1 is 1.25 bits per heavy atom. The average molecular weight is 281 g/mol. The highest BCUT2D eigenvalue weighted by Gasteiger charge is 2.16. The summed E-state index contributed by atoms with van der Waals surface area (Å²) in [5.74, 6) is -1.88. The Bertz CT molecular complexity index is 460. The molecule has 0 fully saturated rings. The first-order chi connectivity index (χ1) is 9.40.